The van der Waals surface area contributed by atoms with Crippen LogP contribution in [0.4, 0.5) is 0 Å². The number of carbonyl (C=O) groups is 3. The lowest BCUT2D eigenvalue weighted by Gasteiger charge is -2.40. The summed E-state index contributed by atoms with van der Waals surface area (Å²) in [5.74, 6) is -4.37. The largest absolute Gasteiger partial charge is 0.459 e. The maximum atomic E-state index is 12.7. The van der Waals surface area contributed by atoms with Crippen molar-refractivity contribution in [1.82, 2.24) is 0 Å². The second kappa shape index (κ2) is 10.3. The van der Waals surface area contributed by atoms with E-state index in [2.05, 4.69) is 19.7 Å². The van der Waals surface area contributed by atoms with E-state index in [0.717, 1.165) is 13.8 Å². The average Bonchev–Trinajstić information content (AvgIpc) is 3.29. The van der Waals surface area contributed by atoms with Crippen molar-refractivity contribution >= 4 is 17.7 Å². The number of esters is 2. The first-order chi connectivity index (χ1) is 17.7. The summed E-state index contributed by atoms with van der Waals surface area (Å²) in [7, 11) is 0. The Morgan fingerprint density at radius 3 is 2.37 bits per heavy atom. The number of ether oxygens (including phenoxy) is 4. The number of aliphatic hydroxyl groups is 5. The van der Waals surface area contributed by atoms with Gasteiger partial charge >= 0.3 is 11.9 Å². The third-order valence-corrected chi connectivity index (χ3v) is 8.24. The molecule has 2 saturated heterocycles. The lowest BCUT2D eigenvalue weighted by Crippen LogP contribution is -2.59. The van der Waals surface area contributed by atoms with Crippen LogP contribution in [0.15, 0.2) is 36.5 Å². The van der Waals surface area contributed by atoms with Crippen LogP contribution in [0.2, 0.25) is 0 Å². The van der Waals surface area contributed by atoms with Crippen molar-refractivity contribution in [3.05, 3.63) is 36.5 Å². The van der Waals surface area contributed by atoms with E-state index in [1.54, 1.807) is 0 Å². The number of hydrogen-bond donors (Lipinski definition) is 5. The van der Waals surface area contributed by atoms with Crippen LogP contribution in [0, 0.1) is 17.8 Å². The van der Waals surface area contributed by atoms with Gasteiger partial charge < -0.3 is 44.5 Å². The standard InChI is InChI=1S/C26H34O12/c1-9-6-15(37-25(33)26(5,34)12(4)28)18-11(3)23(32)38-22(18)17-10(2)14(7-13(9)17)35-24-21(31)20(30)19(29)16(8-27)36-24/h13-22,24,27,29-31,34H,1-3,6-8H2,4-5H3/t13-,14-,15+,16+,17-,18+,19+,20-,21+,22+,24+,26+/m0/s1. The summed E-state index contributed by atoms with van der Waals surface area (Å²) in [6, 6.07) is 0. The average molecular weight is 539 g/mol. The van der Waals surface area contributed by atoms with E-state index in [9.17, 15) is 39.9 Å². The van der Waals surface area contributed by atoms with Gasteiger partial charge in [0.15, 0.2) is 12.1 Å². The van der Waals surface area contributed by atoms with Gasteiger partial charge in [0.2, 0.25) is 5.60 Å². The number of Topliss-reactive ketones (excluding diaryl/α,β-unsaturated/α-hetero) is 1. The molecule has 210 valence electrons. The van der Waals surface area contributed by atoms with E-state index in [1.807, 2.05) is 0 Å². The molecule has 2 heterocycles. The highest BCUT2D eigenvalue weighted by Gasteiger charge is 2.58. The van der Waals surface area contributed by atoms with Crippen molar-refractivity contribution in [3.8, 4) is 0 Å². The molecule has 0 unspecified atom stereocenters. The lowest BCUT2D eigenvalue weighted by molar-refractivity contribution is -0.308. The molecule has 0 aromatic carbocycles. The van der Waals surface area contributed by atoms with Crippen LogP contribution < -0.4 is 0 Å². The minimum Gasteiger partial charge on any atom is -0.459 e. The fraction of sp³-hybridized carbons (Fsp3) is 0.654. The van der Waals surface area contributed by atoms with Crippen molar-refractivity contribution in [2.75, 3.05) is 6.61 Å². The molecule has 4 aliphatic rings. The van der Waals surface area contributed by atoms with E-state index in [1.165, 1.54) is 0 Å². The normalized spacial score (nSPS) is 42.6. The molecule has 12 nitrogen and oxygen atoms in total. The summed E-state index contributed by atoms with van der Waals surface area (Å²) in [5.41, 5.74) is -1.21. The van der Waals surface area contributed by atoms with Gasteiger partial charge in [-0.2, -0.15) is 0 Å². The second-order valence-corrected chi connectivity index (χ2v) is 10.6. The summed E-state index contributed by atoms with van der Waals surface area (Å²) in [4.78, 5) is 37.0. The molecule has 0 bridgehead atoms. The Bertz CT molecular complexity index is 1050. The summed E-state index contributed by atoms with van der Waals surface area (Å²) in [6.07, 6.45) is -9.55. The van der Waals surface area contributed by atoms with Crippen LogP contribution in [0.3, 0.4) is 0 Å². The van der Waals surface area contributed by atoms with Crippen LogP contribution in [-0.2, 0) is 33.3 Å². The fourth-order valence-electron chi connectivity index (χ4n) is 5.73. The molecule has 2 saturated carbocycles. The Balaban J connectivity index is 1.58. The molecule has 2 aliphatic carbocycles. The third-order valence-electron chi connectivity index (χ3n) is 8.24. The molecule has 0 amide bonds. The molecule has 0 aromatic rings. The Labute approximate surface area is 219 Å². The third kappa shape index (κ3) is 4.64. The fourth-order valence-corrected chi connectivity index (χ4v) is 5.73. The number of hydrogen-bond acceptors (Lipinski definition) is 12. The number of fused-ring (bicyclic) bond motifs is 3. The first-order valence-corrected chi connectivity index (χ1v) is 12.4. The van der Waals surface area contributed by atoms with E-state index in [-0.39, 0.29) is 24.3 Å². The first-order valence-electron chi connectivity index (χ1n) is 12.4. The van der Waals surface area contributed by atoms with Crippen LogP contribution in [-0.4, -0.2) is 104 Å². The molecule has 12 atom stereocenters. The molecule has 5 N–H and O–H groups in total. The zero-order valence-electron chi connectivity index (χ0n) is 21.2. The monoisotopic (exact) mass is 538 g/mol. The van der Waals surface area contributed by atoms with Gasteiger partial charge in [-0.05, 0) is 31.8 Å². The number of ketones is 1. The van der Waals surface area contributed by atoms with E-state index in [4.69, 9.17) is 18.9 Å². The smallest absolute Gasteiger partial charge is 0.345 e. The topological polar surface area (TPSA) is 189 Å². The maximum absolute atomic E-state index is 12.7. The van der Waals surface area contributed by atoms with Gasteiger partial charge in [0.25, 0.3) is 0 Å². The number of rotatable bonds is 6. The highest BCUT2D eigenvalue weighted by Crippen LogP contribution is 2.53. The Morgan fingerprint density at radius 2 is 1.76 bits per heavy atom. The van der Waals surface area contributed by atoms with Crippen molar-refractivity contribution in [1.29, 1.82) is 0 Å². The van der Waals surface area contributed by atoms with Crippen LogP contribution in [0.1, 0.15) is 26.7 Å². The molecule has 2 aliphatic heterocycles. The van der Waals surface area contributed by atoms with E-state index < -0.39 is 90.8 Å². The zero-order valence-corrected chi connectivity index (χ0v) is 21.2. The van der Waals surface area contributed by atoms with Crippen LogP contribution in [0.5, 0.6) is 0 Å². The molecular formula is C26H34O12. The van der Waals surface area contributed by atoms with Crippen LogP contribution in [0.25, 0.3) is 0 Å². The van der Waals surface area contributed by atoms with Gasteiger partial charge in [0, 0.05) is 17.9 Å². The van der Waals surface area contributed by atoms with Gasteiger partial charge in [-0.15, -0.1) is 0 Å². The molecule has 0 spiro atoms. The molecular weight excluding hydrogens is 504 g/mol. The van der Waals surface area contributed by atoms with Gasteiger partial charge in [0.05, 0.1) is 18.6 Å². The molecule has 4 rings (SSSR count). The van der Waals surface area contributed by atoms with Gasteiger partial charge in [-0.1, -0.05) is 25.3 Å². The summed E-state index contributed by atoms with van der Waals surface area (Å²) < 4.78 is 22.6. The second-order valence-electron chi connectivity index (χ2n) is 10.6. The first kappa shape index (κ1) is 28.6. The molecule has 38 heavy (non-hydrogen) atoms. The van der Waals surface area contributed by atoms with Crippen LogP contribution >= 0.6 is 0 Å². The van der Waals surface area contributed by atoms with Crippen molar-refractivity contribution < 1.29 is 58.9 Å². The quantitative estimate of drug-likeness (QED) is 0.116. The Kier molecular flexibility index (Phi) is 7.71. The van der Waals surface area contributed by atoms with Crippen molar-refractivity contribution in [2.24, 2.45) is 17.8 Å². The molecule has 4 fully saturated rings. The lowest BCUT2D eigenvalue weighted by atomic mass is 9.81. The van der Waals surface area contributed by atoms with Gasteiger partial charge in [-0.25, -0.2) is 9.59 Å². The Hall–Kier alpha value is -2.45. The highest BCUT2D eigenvalue weighted by molar-refractivity contribution is 6.05. The predicted octanol–water partition coefficient (Wildman–Crippen LogP) is -1.33. The maximum Gasteiger partial charge on any atom is 0.345 e. The van der Waals surface area contributed by atoms with Crippen molar-refractivity contribution in [3.63, 3.8) is 0 Å². The number of aliphatic hydroxyl groups excluding tert-OH is 4. The molecule has 12 heteroatoms. The summed E-state index contributed by atoms with van der Waals surface area (Å²) in [6.45, 7) is 13.6. The zero-order chi connectivity index (χ0) is 28.3. The van der Waals surface area contributed by atoms with Gasteiger partial charge in [-0.3, -0.25) is 4.79 Å². The minimum absolute atomic E-state index is 0.0646. The molecule has 0 aromatic heterocycles. The Morgan fingerprint density at radius 1 is 1.11 bits per heavy atom. The van der Waals surface area contributed by atoms with Crippen molar-refractivity contribution in [2.45, 2.75) is 81.3 Å². The predicted molar refractivity (Wildman–Crippen MR) is 127 cm³/mol. The highest BCUT2D eigenvalue weighted by atomic mass is 16.7. The SMILES string of the molecule is C=C1C(=O)O[C@@H]2[C@H]3C(=C)[C@@H](O[C@@H]4O[C@H](CO)[C@@H](O)[C@H](O)[C@H]4O)C[C@H]3C(=C)C[C@@H](OC(=O)[C@](C)(O)C(C)=O)[C@@H]12. The summed E-state index contributed by atoms with van der Waals surface area (Å²) >= 11 is 0. The van der Waals surface area contributed by atoms with E-state index in [0.29, 0.717) is 11.1 Å². The van der Waals surface area contributed by atoms with E-state index >= 15 is 0 Å². The number of carbonyl (C=O) groups excluding carboxylic acids is 3. The molecule has 0 radical (unpaired) electrons. The summed E-state index contributed by atoms with van der Waals surface area (Å²) in [5, 5.41) is 50.3. The minimum atomic E-state index is -2.38. The van der Waals surface area contributed by atoms with Gasteiger partial charge in [0.1, 0.15) is 36.6 Å².